The standard InChI is InChI=1S/C13H10BrN3O4/c14-9-3-1-8(2-4-9)5-11(13(18)19)12-15-6-10(7-16-12)17(20)21/h1-4,6-7,11H,5H2,(H,18,19). The van der Waals surface area contributed by atoms with Crippen LogP contribution in [0.1, 0.15) is 17.3 Å². The average Bonchev–Trinajstić information content (AvgIpc) is 2.46. The molecule has 21 heavy (non-hydrogen) atoms. The maximum absolute atomic E-state index is 11.4. The van der Waals surface area contributed by atoms with E-state index < -0.39 is 16.8 Å². The number of aromatic nitrogens is 2. The quantitative estimate of drug-likeness (QED) is 0.655. The molecule has 0 amide bonds. The van der Waals surface area contributed by atoms with E-state index in [4.69, 9.17) is 0 Å². The molecule has 2 rings (SSSR count). The molecule has 0 bridgehead atoms. The smallest absolute Gasteiger partial charge is 0.314 e. The van der Waals surface area contributed by atoms with E-state index in [1.165, 1.54) is 0 Å². The summed E-state index contributed by atoms with van der Waals surface area (Å²) in [6.07, 6.45) is 2.24. The Morgan fingerprint density at radius 2 is 1.86 bits per heavy atom. The van der Waals surface area contributed by atoms with Crippen LogP contribution in [0.25, 0.3) is 0 Å². The van der Waals surface area contributed by atoms with Crippen molar-refractivity contribution in [1.29, 1.82) is 0 Å². The van der Waals surface area contributed by atoms with Gasteiger partial charge in [0.05, 0.1) is 4.92 Å². The van der Waals surface area contributed by atoms with E-state index in [2.05, 4.69) is 25.9 Å². The Morgan fingerprint density at radius 1 is 1.29 bits per heavy atom. The Labute approximate surface area is 127 Å². The lowest BCUT2D eigenvalue weighted by Gasteiger charge is -2.10. The van der Waals surface area contributed by atoms with Crippen molar-refractivity contribution in [3.8, 4) is 0 Å². The van der Waals surface area contributed by atoms with Gasteiger partial charge in [0.25, 0.3) is 0 Å². The summed E-state index contributed by atoms with van der Waals surface area (Å²) < 4.78 is 0.893. The molecule has 2 aromatic rings. The van der Waals surface area contributed by atoms with Gasteiger partial charge in [-0.1, -0.05) is 28.1 Å². The Bertz CT molecular complexity index is 658. The highest BCUT2D eigenvalue weighted by Crippen LogP contribution is 2.20. The molecule has 1 aromatic carbocycles. The highest BCUT2D eigenvalue weighted by Gasteiger charge is 2.24. The molecule has 0 aliphatic heterocycles. The van der Waals surface area contributed by atoms with Crippen LogP contribution < -0.4 is 0 Å². The van der Waals surface area contributed by atoms with Gasteiger partial charge in [-0.3, -0.25) is 14.9 Å². The number of nitrogens with zero attached hydrogens (tertiary/aromatic N) is 3. The number of carbonyl (C=O) groups is 1. The predicted octanol–water partition coefficient (Wildman–Crippen LogP) is 2.56. The number of aliphatic carboxylic acids is 1. The summed E-state index contributed by atoms with van der Waals surface area (Å²) in [4.78, 5) is 28.9. The average molecular weight is 352 g/mol. The minimum Gasteiger partial charge on any atom is -0.481 e. The van der Waals surface area contributed by atoms with Crippen LogP contribution in [0.3, 0.4) is 0 Å². The van der Waals surface area contributed by atoms with Crippen LogP contribution in [-0.4, -0.2) is 26.0 Å². The molecule has 0 fully saturated rings. The fraction of sp³-hybridized carbons (Fsp3) is 0.154. The SMILES string of the molecule is O=C(O)C(Cc1ccc(Br)cc1)c1ncc([N+](=O)[O-])cn1. The maximum atomic E-state index is 11.4. The van der Waals surface area contributed by atoms with E-state index >= 15 is 0 Å². The van der Waals surface area contributed by atoms with Gasteiger partial charge in [0.15, 0.2) is 0 Å². The number of benzene rings is 1. The number of halogens is 1. The summed E-state index contributed by atoms with van der Waals surface area (Å²) in [7, 11) is 0. The molecular formula is C13H10BrN3O4. The van der Waals surface area contributed by atoms with Gasteiger partial charge in [-0.2, -0.15) is 0 Å². The van der Waals surface area contributed by atoms with E-state index in [0.29, 0.717) is 0 Å². The zero-order valence-electron chi connectivity index (χ0n) is 10.6. The molecule has 108 valence electrons. The number of rotatable bonds is 5. The molecule has 0 aliphatic rings. The van der Waals surface area contributed by atoms with Gasteiger partial charge in [-0.15, -0.1) is 0 Å². The topological polar surface area (TPSA) is 106 Å². The number of hydrogen-bond donors (Lipinski definition) is 1. The summed E-state index contributed by atoms with van der Waals surface area (Å²) in [5.74, 6) is -1.98. The summed E-state index contributed by atoms with van der Waals surface area (Å²) in [5.41, 5.74) is 0.541. The van der Waals surface area contributed by atoms with Crippen molar-refractivity contribution in [2.75, 3.05) is 0 Å². The van der Waals surface area contributed by atoms with E-state index in [9.17, 15) is 20.0 Å². The van der Waals surface area contributed by atoms with Crippen LogP contribution in [0.4, 0.5) is 5.69 Å². The molecule has 1 heterocycles. The van der Waals surface area contributed by atoms with Gasteiger partial charge in [-0.25, -0.2) is 9.97 Å². The number of hydrogen-bond acceptors (Lipinski definition) is 5. The van der Waals surface area contributed by atoms with Crippen LogP contribution in [0.5, 0.6) is 0 Å². The minimum atomic E-state index is -1.08. The lowest BCUT2D eigenvalue weighted by molar-refractivity contribution is -0.385. The second-order valence-electron chi connectivity index (χ2n) is 4.28. The Kier molecular flexibility index (Phi) is 4.59. The molecule has 0 saturated heterocycles. The van der Waals surface area contributed by atoms with Crippen molar-refractivity contribution >= 4 is 27.6 Å². The first-order valence-corrected chi connectivity index (χ1v) is 6.70. The summed E-state index contributed by atoms with van der Waals surface area (Å²) in [6, 6.07) is 7.21. The minimum absolute atomic E-state index is 0.0519. The lowest BCUT2D eigenvalue weighted by Crippen LogP contribution is -2.17. The van der Waals surface area contributed by atoms with Crippen molar-refractivity contribution < 1.29 is 14.8 Å². The second kappa shape index (κ2) is 6.40. The molecule has 0 radical (unpaired) electrons. The molecule has 0 saturated carbocycles. The normalized spacial score (nSPS) is 11.9. The predicted molar refractivity (Wildman–Crippen MR) is 76.9 cm³/mol. The zero-order valence-corrected chi connectivity index (χ0v) is 12.2. The molecule has 0 aliphatic carbocycles. The second-order valence-corrected chi connectivity index (χ2v) is 5.19. The van der Waals surface area contributed by atoms with Gasteiger partial charge in [-0.05, 0) is 24.1 Å². The molecular weight excluding hydrogens is 342 g/mol. The third-order valence-electron chi connectivity index (χ3n) is 2.83. The highest BCUT2D eigenvalue weighted by molar-refractivity contribution is 9.10. The van der Waals surface area contributed by atoms with Crippen LogP contribution in [0.2, 0.25) is 0 Å². The van der Waals surface area contributed by atoms with Crippen molar-refractivity contribution in [3.05, 3.63) is 62.6 Å². The number of carboxylic acid groups (broad SMARTS) is 1. The summed E-state index contributed by atoms with van der Waals surface area (Å²) in [6.45, 7) is 0. The fourth-order valence-corrected chi connectivity index (χ4v) is 2.01. The first kappa shape index (κ1) is 15.0. The Morgan fingerprint density at radius 3 is 2.33 bits per heavy atom. The zero-order chi connectivity index (χ0) is 15.4. The molecule has 7 nitrogen and oxygen atoms in total. The highest BCUT2D eigenvalue weighted by atomic mass is 79.9. The maximum Gasteiger partial charge on any atom is 0.314 e. The van der Waals surface area contributed by atoms with E-state index in [-0.39, 0.29) is 17.9 Å². The molecule has 8 heteroatoms. The molecule has 1 atom stereocenters. The summed E-state index contributed by atoms with van der Waals surface area (Å²) >= 11 is 3.30. The van der Waals surface area contributed by atoms with Crippen LogP contribution in [0, 0.1) is 10.1 Å². The molecule has 1 N–H and O–H groups in total. The van der Waals surface area contributed by atoms with Gasteiger partial charge < -0.3 is 5.11 Å². The van der Waals surface area contributed by atoms with E-state index in [1.807, 2.05) is 12.1 Å². The lowest BCUT2D eigenvalue weighted by atomic mass is 9.98. The van der Waals surface area contributed by atoms with Crippen LogP contribution >= 0.6 is 15.9 Å². The van der Waals surface area contributed by atoms with E-state index in [0.717, 1.165) is 22.4 Å². The summed E-state index contributed by atoms with van der Waals surface area (Å²) in [5, 5.41) is 19.8. The first-order valence-electron chi connectivity index (χ1n) is 5.91. The van der Waals surface area contributed by atoms with Crippen molar-refractivity contribution in [2.24, 2.45) is 0 Å². The monoisotopic (exact) mass is 351 g/mol. The van der Waals surface area contributed by atoms with E-state index in [1.54, 1.807) is 12.1 Å². The third-order valence-corrected chi connectivity index (χ3v) is 3.36. The van der Waals surface area contributed by atoms with Crippen molar-refractivity contribution in [1.82, 2.24) is 9.97 Å². The van der Waals surface area contributed by atoms with Gasteiger partial charge in [0, 0.05) is 4.47 Å². The van der Waals surface area contributed by atoms with Crippen molar-refractivity contribution in [3.63, 3.8) is 0 Å². The largest absolute Gasteiger partial charge is 0.481 e. The fourth-order valence-electron chi connectivity index (χ4n) is 1.75. The first-order chi connectivity index (χ1) is 9.97. The number of nitro groups is 1. The Hall–Kier alpha value is -2.35. The molecule has 1 unspecified atom stereocenters. The molecule has 1 aromatic heterocycles. The molecule has 0 spiro atoms. The van der Waals surface area contributed by atoms with Crippen LogP contribution in [0.15, 0.2) is 41.1 Å². The Balaban J connectivity index is 2.24. The van der Waals surface area contributed by atoms with Gasteiger partial charge >= 0.3 is 11.7 Å². The van der Waals surface area contributed by atoms with Crippen molar-refractivity contribution in [2.45, 2.75) is 12.3 Å². The number of carboxylic acids is 1. The van der Waals surface area contributed by atoms with Gasteiger partial charge in [0.1, 0.15) is 24.1 Å². The van der Waals surface area contributed by atoms with Crippen LogP contribution in [-0.2, 0) is 11.2 Å². The third kappa shape index (κ3) is 3.82. The van der Waals surface area contributed by atoms with Gasteiger partial charge in [0.2, 0.25) is 0 Å².